The largest absolute Gasteiger partial charge is 0.398 e. The number of carbonyl (C=O) groups excluding carboxylic acids is 2. The van der Waals surface area contributed by atoms with Crippen LogP contribution in [0.5, 0.6) is 0 Å². The van der Waals surface area contributed by atoms with Crippen LogP contribution in [0.3, 0.4) is 0 Å². The highest BCUT2D eigenvalue weighted by atomic mass is 35.5. The molecule has 2 aromatic rings. The van der Waals surface area contributed by atoms with E-state index >= 15 is 0 Å². The lowest BCUT2D eigenvalue weighted by Crippen LogP contribution is -2.43. The molecule has 0 aliphatic carbocycles. The molecule has 0 saturated carbocycles. The van der Waals surface area contributed by atoms with Crippen LogP contribution in [0.25, 0.3) is 0 Å². The molecular formula is C19H22ClN3O2. The number of nitrogen functional groups attached to an aromatic ring is 1. The Kier molecular flexibility index (Phi) is 6.42. The molecule has 0 aromatic heterocycles. The zero-order chi connectivity index (χ0) is 16.9. The van der Waals surface area contributed by atoms with E-state index in [2.05, 4.69) is 5.32 Å². The van der Waals surface area contributed by atoms with E-state index < -0.39 is 0 Å². The molecule has 2 aromatic carbocycles. The fraction of sp³-hybridized carbons (Fsp3) is 0.263. The van der Waals surface area contributed by atoms with E-state index in [1.165, 1.54) is 0 Å². The number of hydrogen-bond acceptors (Lipinski definition) is 3. The third-order valence-electron chi connectivity index (χ3n) is 4.23. The van der Waals surface area contributed by atoms with Crippen molar-refractivity contribution in [2.24, 2.45) is 0 Å². The smallest absolute Gasteiger partial charge is 0.246 e. The number of fused-ring (bicyclic) bond motifs is 1. The van der Waals surface area contributed by atoms with E-state index in [0.717, 1.165) is 35.3 Å². The Balaban J connectivity index is 0.00000225. The molecule has 25 heavy (non-hydrogen) atoms. The minimum atomic E-state index is -0.153. The van der Waals surface area contributed by atoms with Crippen LogP contribution in [0.1, 0.15) is 17.5 Å². The molecule has 3 rings (SSSR count). The predicted molar refractivity (Wildman–Crippen MR) is 102 cm³/mol. The molecule has 0 fully saturated rings. The van der Waals surface area contributed by atoms with Crippen molar-refractivity contribution in [3.05, 3.63) is 59.7 Å². The second-order valence-corrected chi connectivity index (χ2v) is 5.93. The first kappa shape index (κ1) is 18.8. The van der Waals surface area contributed by atoms with Gasteiger partial charge in [0.1, 0.15) is 0 Å². The molecule has 1 aliphatic rings. The number of nitrogens with zero attached hydrogens (tertiary/aromatic N) is 1. The van der Waals surface area contributed by atoms with Gasteiger partial charge in [0, 0.05) is 17.9 Å². The molecule has 0 atom stereocenters. The zero-order valence-electron chi connectivity index (χ0n) is 13.9. The molecule has 0 saturated heterocycles. The Morgan fingerprint density at radius 2 is 1.84 bits per heavy atom. The van der Waals surface area contributed by atoms with Crippen molar-refractivity contribution >= 4 is 35.6 Å². The molecule has 3 N–H and O–H groups in total. The number of nitrogens with two attached hydrogens (primary N) is 1. The monoisotopic (exact) mass is 359 g/mol. The van der Waals surface area contributed by atoms with Gasteiger partial charge >= 0.3 is 0 Å². The number of hydrogen-bond donors (Lipinski definition) is 2. The van der Waals surface area contributed by atoms with Crippen molar-refractivity contribution in [2.75, 3.05) is 23.7 Å². The van der Waals surface area contributed by atoms with Crippen LogP contribution >= 0.6 is 12.4 Å². The summed E-state index contributed by atoms with van der Waals surface area (Å²) in [6.45, 7) is 0.656. The van der Waals surface area contributed by atoms with Gasteiger partial charge in [-0.15, -0.1) is 12.4 Å². The van der Waals surface area contributed by atoms with Gasteiger partial charge in [0.15, 0.2) is 0 Å². The van der Waals surface area contributed by atoms with Crippen molar-refractivity contribution in [3.63, 3.8) is 0 Å². The Hall–Kier alpha value is -2.53. The highest BCUT2D eigenvalue weighted by Gasteiger charge is 2.23. The maximum atomic E-state index is 12.5. The average Bonchev–Trinajstić information content (AvgIpc) is 2.60. The number of benzene rings is 2. The molecule has 0 unspecified atom stereocenters. The Morgan fingerprint density at radius 3 is 2.60 bits per heavy atom. The van der Waals surface area contributed by atoms with Crippen LogP contribution in [0, 0.1) is 0 Å². The highest BCUT2D eigenvalue weighted by molar-refractivity contribution is 5.98. The molecule has 0 bridgehead atoms. The SMILES string of the molecule is Cl.Nc1cccc2c1CCCN2C(=O)CNC(=O)Cc1ccccc1. The molecule has 1 aliphatic heterocycles. The number of carbonyl (C=O) groups is 2. The normalized spacial score (nSPS) is 12.7. The van der Waals surface area contributed by atoms with E-state index in [1.54, 1.807) is 4.90 Å². The maximum absolute atomic E-state index is 12.5. The van der Waals surface area contributed by atoms with Crippen molar-refractivity contribution in [1.82, 2.24) is 5.32 Å². The van der Waals surface area contributed by atoms with Crippen molar-refractivity contribution in [3.8, 4) is 0 Å². The fourth-order valence-corrected chi connectivity index (χ4v) is 3.02. The van der Waals surface area contributed by atoms with Crippen molar-refractivity contribution in [2.45, 2.75) is 19.3 Å². The molecule has 5 nitrogen and oxygen atoms in total. The van der Waals surface area contributed by atoms with Crippen LogP contribution in [0.15, 0.2) is 48.5 Å². The summed E-state index contributed by atoms with van der Waals surface area (Å²) >= 11 is 0. The molecule has 0 spiro atoms. The van der Waals surface area contributed by atoms with Crippen LogP contribution in [0.2, 0.25) is 0 Å². The average molecular weight is 360 g/mol. The van der Waals surface area contributed by atoms with Gasteiger partial charge in [-0.3, -0.25) is 9.59 Å². The third kappa shape index (κ3) is 4.51. The third-order valence-corrected chi connectivity index (χ3v) is 4.23. The van der Waals surface area contributed by atoms with Gasteiger partial charge in [0.25, 0.3) is 0 Å². The second kappa shape index (κ2) is 8.53. The Bertz CT molecular complexity index is 750. The van der Waals surface area contributed by atoms with Crippen LogP contribution in [0.4, 0.5) is 11.4 Å². The van der Waals surface area contributed by atoms with E-state index in [9.17, 15) is 9.59 Å². The first-order valence-electron chi connectivity index (χ1n) is 8.13. The van der Waals surface area contributed by atoms with Crippen molar-refractivity contribution < 1.29 is 9.59 Å². The fourth-order valence-electron chi connectivity index (χ4n) is 3.02. The van der Waals surface area contributed by atoms with Crippen LogP contribution < -0.4 is 16.0 Å². The molecular weight excluding hydrogens is 338 g/mol. The van der Waals surface area contributed by atoms with E-state index in [1.807, 2.05) is 48.5 Å². The summed E-state index contributed by atoms with van der Waals surface area (Å²) in [6, 6.07) is 15.1. The minimum absolute atomic E-state index is 0. The van der Waals surface area contributed by atoms with E-state index in [-0.39, 0.29) is 37.2 Å². The molecule has 132 valence electrons. The summed E-state index contributed by atoms with van der Waals surface area (Å²) in [5, 5.41) is 2.71. The standard InChI is InChI=1S/C19H21N3O2.ClH/c20-16-9-4-10-17-15(16)8-5-11-22(17)19(24)13-21-18(23)12-14-6-2-1-3-7-14;/h1-4,6-7,9-10H,5,8,11-13,20H2,(H,21,23);1H. The van der Waals surface area contributed by atoms with Gasteiger partial charge in [-0.2, -0.15) is 0 Å². The van der Waals surface area contributed by atoms with Gasteiger partial charge in [-0.1, -0.05) is 36.4 Å². The quantitative estimate of drug-likeness (QED) is 0.823. The molecule has 1 heterocycles. The van der Waals surface area contributed by atoms with Gasteiger partial charge < -0.3 is 16.0 Å². The summed E-state index contributed by atoms with van der Waals surface area (Å²) < 4.78 is 0. The summed E-state index contributed by atoms with van der Waals surface area (Å²) in [4.78, 5) is 26.2. The lowest BCUT2D eigenvalue weighted by Gasteiger charge is -2.30. The number of rotatable bonds is 4. The van der Waals surface area contributed by atoms with E-state index in [4.69, 9.17) is 5.73 Å². The van der Waals surface area contributed by atoms with Crippen LogP contribution in [-0.4, -0.2) is 24.9 Å². The topological polar surface area (TPSA) is 75.4 Å². The molecule has 6 heteroatoms. The predicted octanol–water partition coefficient (Wildman–Crippen LogP) is 2.33. The van der Waals surface area contributed by atoms with Gasteiger partial charge in [-0.25, -0.2) is 0 Å². The van der Waals surface area contributed by atoms with Crippen LogP contribution in [-0.2, 0) is 22.4 Å². The number of anilines is 2. The summed E-state index contributed by atoms with van der Waals surface area (Å²) in [5.41, 5.74) is 9.54. The van der Waals surface area contributed by atoms with Gasteiger partial charge in [0.05, 0.1) is 13.0 Å². The maximum Gasteiger partial charge on any atom is 0.246 e. The molecule has 2 amide bonds. The minimum Gasteiger partial charge on any atom is -0.398 e. The summed E-state index contributed by atoms with van der Waals surface area (Å²) in [7, 11) is 0. The van der Waals surface area contributed by atoms with E-state index in [0.29, 0.717) is 6.54 Å². The Morgan fingerprint density at radius 1 is 1.08 bits per heavy atom. The summed E-state index contributed by atoms with van der Waals surface area (Å²) in [6.07, 6.45) is 2.04. The first-order chi connectivity index (χ1) is 11.6. The summed E-state index contributed by atoms with van der Waals surface area (Å²) in [5.74, 6) is -0.262. The number of halogens is 1. The Labute approximate surface area is 153 Å². The first-order valence-corrected chi connectivity index (χ1v) is 8.13. The highest BCUT2D eigenvalue weighted by Crippen LogP contribution is 2.31. The lowest BCUT2D eigenvalue weighted by molar-refractivity contribution is -0.124. The zero-order valence-corrected chi connectivity index (χ0v) is 14.7. The van der Waals surface area contributed by atoms with Gasteiger partial charge in [-0.05, 0) is 36.1 Å². The number of nitrogens with one attached hydrogen (secondary N) is 1. The van der Waals surface area contributed by atoms with Gasteiger partial charge in [0.2, 0.25) is 11.8 Å². The van der Waals surface area contributed by atoms with Crippen molar-refractivity contribution in [1.29, 1.82) is 0 Å². The second-order valence-electron chi connectivity index (χ2n) is 5.93. The lowest BCUT2D eigenvalue weighted by atomic mass is 10.00. The number of amides is 2. The molecule has 0 radical (unpaired) electrons.